The van der Waals surface area contributed by atoms with Gasteiger partial charge in [0.1, 0.15) is 4.21 Å². The number of carbonyl (C=O) groups excluding carboxylic acids is 2. The molecule has 166 valence electrons. The molecule has 0 aliphatic carbocycles. The van der Waals surface area contributed by atoms with Crippen molar-refractivity contribution in [3.05, 3.63) is 82.2 Å². The highest BCUT2D eigenvalue weighted by Crippen LogP contribution is 2.22. The average Bonchev–Trinajstić information content (AvgIpc) is 3.34. The molecule has 1 fully saturated rings. The zero-order chi connectivity index (χ0) is 22.7. The van der Waals surface area contributed by atoms with Crippen molar-refractivity contribution < 1.29 is 18.0 Å². The van der Waals surface area contributed by atoms with Crippen LogP contribution in [-0.4, -0.2) is 56.2 Å². The van der Waals surface area contributed by atoms with Crippen LogP contribution in [0.1, 0.15) is 20.7 Å². The van der Waals surface area contributed by atoms with Crippen molar-refractivity contribution in [1.82, 2.24) is 9.80 Å². The lowest BCUT2D eigenvalue weighted by Crippen LogP contribution is -2.50. The molecule has 1 aliphatic rings. The number of hydrogen-bond donors (Lipinski definition) is 1. The molecule has 3 aromatic rings. The number of benzene rings is 2. The summed E-state index contributed by atoms with van der Waals surface area (Å²) in [6.45, 7) is 1.58. The van der Waals surface area contributed by atoms with Crippen LogP contribution in [0.5, 0.6) is 0 Å². The highest BCUT2D eigenvalue weighted by atomic mass is 35.5. The lowest BCUT2D eigenvalue weighted by Gasteiger charge is -2.35. The van der Waals surface area contributed by atoms with E-state index in [4.69, 9.17) is 11.6 Å². The molecule has 2 heterocycles. The SMILES string of the molecule is O=C(c1cccc(Cl)c1)N1CCN(C(=O)c2cccc(NS(=O)(=O)c3cccs3)c2)CC1. The first kappa shape index (κ1) is 22.3. The molecule has 1 aliphatic heterocycles. The van der Waals surface area contributed by atoms with Crippen LogP contribution in [0.2, 0.25) is 5.02 Å². The van der Waals surface area contributed by atoms with Crippen molar-refractivity contribution in [3.8, 4) is 0 Å². The highest BCUT2D eigenvalue weighted by Gasteiger charge is 2.26. The topological polar surface area (TPSA) is 86.8 Å². The van der Waals surface area contributed by atoms with Gasteiger partial charge in [0.05, 0.1) is 0 Å². The summed E-state index contributed by atoms with van der Waals surface area (Å²) < 4.78 is 27.6. The Morgan fingerprint density at radius 1 is 0.844 bits per heavy atom. The third-order valence-electron chi connectivity index (χ3n) is 5.05. The molecule has 1 aromatic heterocycles. The molecular weight excluding hydrogens is 470 g/mol. The first-order valence-corrected chi connectivity index (χ1v) is 12.6. The molecule has 1 N–H and O–H groups in total. The number of rotatable bonds is 5. The van der Waals surface area contributed by atoms with Crippen molar-refractivity contribution in [1.29, 1.82) is 0 Å². The Balaban J connectivity index is 1.40. The molecule has 2 amide bonds. The second kappa shape index (κ2) is 9.32. The summed E-state index contributed by atoms with van der Waals surface area (Å²) in [5.74, 6) is -0.332. The zero-order valence-electron chi connectivity index (χ0n) is 16.9. The molecule has 4 rings (SSSR count). The maximum atomic E-state index is 13.0. The summed E-state index contributed by atoms with van der Waals surface area (Å²) in [5.41, 5.74) is 1.22. The van der Waals surface area contributed by atoms with Gasteiger partial charge < -0.3 is 9.80 Å². The van der Waals surface area contributed by atoms with Gasteiger partial charge in [0.15, 0.2) is 0 Å². The summed E-state index contributed by atoms with van der Waals surface area (Å²) >= 11 is 7.10. The summed E-state index contributed by atoms with van der Waals surface area (Å²) in [6.07, 6.45) is 0. The predicted molar refractivity (Wildman–Crippen MR) is 125 cm³/mol. The molecule has 0 saturated carbocycles. The van der Waals surface area contributed by atoms with E-state index in [2.05, 4.69) is 4.72 Å². The monoisotopic (exact) mass is 489 g/mol. The number of sulfonamides is 1. The number of anilines is 1. The van der Waals surface area contributed by atoms with E-state index in [-0.39, 0.29) is 16.0 Å². The summed E-state index contributed by atoms with van der Waals surface area (Å²) in [7, 11) is -3.69. The van der Waals surface area contributed by atoms with E-state index in [1.807, 2.05) is 0 Å². The lowest BCUT2D eigenvalue weighted by atomic mass is 10.1. The van der Waals surface area contributed by atoms with E-state index in [0.717, 1.165) is 11.3 Å². The van der Waals surface area contributed by atoms with Crippen molar-refractivity contribution in [2.75, 3.05) is 30.9 Å². The molecule has 0 atom stereocenters. The second-order valence-corrected chi connectivity index (χ2v) is 10.5. The van der Waals surface area contributed by atoms with Gasteiger partial charge in [-0.05, 0) is 47.8 Å². The quantitative estimate of drug-likeness (QED) is 0.590. The Kier molecular flexibility index (Phi) is 6.50. The number of thiophene rings is 1. The fraction of sp³-hybridized carbons (Fsp3) is 0.182. The summed E-state index contributed by atoms with van der Waals surface area (Å²) in [6, 6.07) is 16.4. The third-order valence-corrected chi connectivity index (χ3v) is 8.06. The molecule has 7 nitrogen and oxygen atoms in total. The van der Waals surface area contributed by atoms with Crippen LogP contribution in [0.15, 0.2) is 70.3 Å². The smallest absolute Gasteiger partial charge is 0.271 e. The molecule has 0 spiro atoms. The van der Waals surface area contributed by atoms with Crippen LogP contribution in [0.25, 0.3) is 0 Å². The third kappa shape index (κ3) is 4.95. The van der Waals surface area contributed by atoms with Crippen LogP contribution in [-0.2, 0) is 10.0 Å². The van der Waals surface area contributed by atoms with E-state index in [9.17, 15) is 18.0 Å². The molecule has 0 radical (unpaired) electrons. The Hall–Kier alpha value is -2.88. The van der Waals surface area contributed by atoms with E-state index in [1.165, 1.54) is 12.1 Å². The zero-order valence-corrected chi connectivity index (χ0v) is 19.3. The van der Waals surface area contributed by atoms with Crippen molar-refractivity contribution in [3.63, 3.8) is 0 Å². The fourth-order valence-electron chi connectivity index (χ4n) is 3.44. The molecule has 32 heavy (non-hydrogen) atoms. The van der Waals surface area contributed by atoms with E-state index in [0.29, 0.717) is 48.0 Å². The van der Waals surface area contributed by atoms with Crippen LogP contribution < -0.4 is 4.72 Å². The van der Waals surface area contributed by atoms with Gasteiger partial charge in [-0.15, -0.1) is 11.3 Å². The number of hydrogen-bond acceptors (Lipinski definition) is 5. The highest BCUT2D eigenvalue weighted by molar-refractivity contribution is 7.94. The molecule has 10 heteroatoms. The minimum atomic E-state index is -3.69. The van der Waals surface area contributed by atoms with Crippen molar-refractivity contribution in [2.45, 2.75) is 4.21 Å². The molecular formula is C22H20ClN3O4S2. The van der Waals surface area contributed by atoms with Gasteiger partial charge >= 0.3 is 0 Å². The van der Waals surface area contributed by atoms with E-state index < -0.39 is 10.0 Å². The minimum Gasteiger partial charge on any atom is -0.335 e. The average molecular weight is 490 g/mol. The van der Waals surface area contributed by atoms with Gasteiger partial charge in [-0.3, -0.25) is 14.3 Å². The fourth-order valence-corrected chi connectivity index (χ4v) is 5.67. The van der Waals surface area contributed by atoms with Gasteiger partial charge in [0, 0.05) is 48.0 Å². The van der Waals surface area contributed by atoms with Gasteiger partial charge in [-0.1, -0.05) is 29.8 Å². The van der Waals surface area contributed by atoms with Gasteiger partial charge in [-0.25, -0.2) is 8.42 Å². The number of nitrogens with one attached hydrogen (secondary N) is 1. The van der Waals surface area contributed by atoms with Crippen molar-refractivity contribution >= 4 is 50.5 Å². The Morgan fingerprint density at radius 2 is 1.44 bits per heavy atom. The molecule has 0 unspecified atom stereocenters. The first-order valence-electron chi connectivity index (χ1n) is 9.84. The predicted octanol–water partition coefficient (Wildman–Crippen LogP) is 3.80. The standard InChI is InChI=1S/C22H20ClN3O4S2/c23-18-6-1-4-16(14-18)21(27)25-9-11-26(12-10-25)22(28)17-5-2-7-19(15-17)24-32(29,30)20-8-3-13-31-20/h1-8,13-15,24H,9-12H2. The number of amides is 2. The second-order valence-electron chi connectivity index (χ2n) is 7.21. The van der Waals surface area contributed by atoms with E-state index >= 15 is 0 Å². The maximum Gasteiger partial charge on any atom is 0.271 e. The number of piperazine rings is 1. The summed E-state index contributed by atoms with van der Waals surface area (Å²) in [4.78, 5) is 29.0. The van der Waals surface area contributed by atoms with Crippen LogP contribution >= 0.6 is 22.9 Å². The van der Waals surface area contributed by atoms with Gasteiger partial charge in [0.2, 0.25) is 0 Å². The summed E-state index contributed by atoms with van der Waals surface area (Å²) in [5, 5.41) is 2.19. The van der Waals surface area contributed by atoms with Gasteiger partial charge in [0.25, 0.3) is 21.8 Å². The maximum absolute atomic E-state index is 13.0. The number of halogens is 1. The molecule has 2 aromatic carbocycles. The number of carbonyl (C=O) groups is 2. The normalized spacial score (nSPS) is 14.3. The van der Waals surface area contributed by atoms with Gasteiger partial charge in [-0.2, -0.15) is 0 Å². The largest absolute Gasteiger partial charge is 0.335 e. The van der Waals surface area contributed by atoms with Crippen LogP contribution in [0.4, 0.5) is 5.69 Å². The first-order chi connectivity index (χ1) is 15.3. The van der Waals surface area contributed by atoms with Crippen LogP contribution in [0, 0.1) is 0 Å². The Morgan fingerprint density at radius 3 is 2.00 bits per heavy atom. The molecule has 1 saturated heterocycles. The lowest BCUT2D eigenvalue weighted by molar-refractivity contribution is 0.0535. The van der Waals surface area contributed by atoms with E-state index in [1.54, 1.807) is 63.7 Å². The van der Waals surface area contributed by atoms with Crippen molar-refractivity contribution in [2.24, 2.45) is 0 Å². The Bertz CT molecular complexity index is 1240. The van der Waals surface area contributed by atoms with Crippen LogP contribution in [0.3, 0.4) is 0 Å². The molecule has 0 bridgehead atoms. The number of nitrogens with zero attached hydrogens (tertiary/aromatic N) is 2. The Labute approximate surface area is 195 Å². The minimum absolute atomic E-state index is 0.121.